The molecule has 2 heterocycles. The molecule has 0 saturated carbocycles. The highest BCUT2D eigenvalue weighted by atomic mass is 32.1. The normalized spacial score (nSPS) is 10.5. The van der Waals surface area contributed by atoms with Gasteiger partial charge in [-0.25, -0.2) is 4.98 Å². The van der Waals surface area contributed by atoms with Gasteiger partial charge in [-0.15, -0.1) is 0 Å². The third-order valence-electron chi connectivity index (χ3n) is 3.39. The molecule has 2 aromatic heterocycles. The summed E-state index contributed by atoms with van der Waals surface area (Å²) in [6.45, 7) is 2.30. The van der Waals surface area contributed by atoms with Crippen molar-refractivity contribution in [2.45, 2.75) is 19.9 Å². The number of carbonyl (C=O) groups excluding carboxylic acids is 1. The van der Waals surface area contributed by atoms with Crippen LogP contribution in [0.15, 0.2) is 47.0 Å². The van der Waals surface area contributed by atoms with Gasteiger partial charge in [-0.2, -0.15) is 4.98 Å². The second-order valence-electron chi connectivity index (χ2n) is 5.13. The Morgan fingerprint density at radius 3 is 2.75 bits per heavy atom. The Balaban J connectivity index is 1.65. The Labute approximate surface area is 144 Å². The summed E-state index contributed by atoms with van der Waals surface area (Å²) in [5.74, 6) is 0.432. The van der Waals surface area contributed by atoms with Crippen LogP contribution in [0.1, 0.15) is 18.9 Å². The second kappa shape index (κ2) is 7.18. The van der Waals surface area contributed by atoms with Crippen molar-refractivity contribution in [2.75, 3.05) is 0 Å². The van der Waals surface area contributed by atoms with E-state index in [1.54, 1.807) is 13.1 Å². The van der Waals surface area contributed by atoms with Gasteiger partial charge in [-0.3, -0.25) is 4.79 Å². The van der Waals surface area contributed by atoms with Crippen molar-refractivity contribution in [3.8, 4) is 11.5 Å². The maximum atomic E-state index is 11.2. The van der Waals surface area contributed by atoms with Crippen molar-refractivity contribution in [2.24, 2.45) is 0 Å². The molecule has 2 N–H and O–H groups in total. The number of nitrogens with zero attached hydrogens (tertiary/aromatic N) is 2. The molecule has 0 unspecified atom stereocenters. The summed E-state index contributed by atoms with van der Waals surface area (Å²) in [7, 11) is 0. The van der Waals surface area contributed by atoms with E-state index in [0.29, 0.717) is 35.2 Å². The molecule has 3 rings (SSSR count). The minimum absolute atomic E-state index is 0.104. The first-order chi connectivity index (χ1) is 11.7. The zero-order valence-electron chi connectivity index (χ0n) is 13.1. The predicted molar refractivity (Wildman–Crippen MR) is 95.1 cm³/mol. The molecule has 0 fully saturated rings. The lowest BCUT2D eigenvalue weighted by atomic mass is 10.1. The molecule has 1 amide bonds. The fourth-order valence-corrected chi connectivity index (χ4v) is 2.29. The zero-order valence-corrected chi connectivity index (χ0v) is 13.9. The number of benzene rings is 1. The number of thiocarbonyl (C=S) groups is 1. The van der Waals surface area contributed by atoms with Gasteiger partial charge < -0.3 is 15.1 Å². The summed E-state index contributed by atoms with van der Waals surface area (Å²) < 4.78 is 5.69. The van der Waals surface area contributed by atoms with E-state index in [1.807, 2.05) is 36.4 Å². The molecule has 0 aliphatic carbocycles. The van der Waals surface area contributed by atoms with E-state index in [9.17, 15) is 4.79 Å². The first-order valence-corrected chi connectivity index (χ1v) is 7.95. The average molecular weight is 340 g/mol. The van der Waals surface area contributed by atoms with Crippen LogP contribution in [-0.2, 0) is 11.3 Å². The first-order valence-electron chi connectivity index (χ1n) is 7.54. The van der Waals surface area contributed by atoms with Crippen LogP contribution in [0, 0.1) is 0 Å². The maximum absolute atomic E-state index is 11.2. The lowest BCUT2D eigenvalue weighted by molar-refractivity contribution is -0.119. The van der Waals surface area contributed by atoms with Crippen molar-refractivity contribution < 1.29 is 9.21 Å². The minimum atomic E-state index is -0.104. The van der Waals surface area contributed by atoms with Crippen molar-refractivity contribution in [1.29, 1.82) is 0 Å². The molecule has 1 aromatic carbocycles. The molecular weight excluding hydrogens is 324 g/mol. The molecule has 6 nitrogen and oxygen atoms in total. The van der Waals surface area contributed by atoms with E-state index in [-0.39, 0.29) is 5.91 Å². The third kappa shape index (κ3) is 3.75. The topological polar surface area (TPSA) is 80.0 Å². The van der Waals surface area contributed by atoms with Crippen molar-refractivity contribution >= 4 is 34.5 Å². The quantitative estimate of drug-likeness (QED) is 0.711. The second-order valence-corrected chi connectivity index (χ2v) is 5.53. The zero-order chi connectivity index (χ0) is 16.9. The van der Waals surface area contributed by atoms with Gasteiger partial charge >= 0.3 is 0 Å². The SMILES string of the molecule is CCC(=O)NC(=S)NCc1ccc(-c2nc3ncccc3o2)cc1. The summed E-state index contributed by atoms with van der Waals surface area (Å²) in [4.78, 5) is 19.8. The minimum Gasteiger partial charge on any atom is -0.434 e. The molecular formula is C17H16N4O2S. The molecule has 0 spiro atoms. The van der Waals surface area contributed by atoms with Crippen molar-refractivity contribution in [3.05, 3.63) is 48.2 Å². The lowest BCUT2D eigenvalue weighted by Crippen LogP contribution is -2.38. The molecule has 0 aliphatic rings. The van der Waals surface area contributed by atoms with Gasteiger partial charge in [-0.1, -0.05) is 19.1 Å². The largest absolute Gasteiger partial charge is 0.434 e. The van der Waals surface area contributed by atoms with Crippen LogP contribution in [0.25, 0.3) is 22.7 Å². The third-order valence-corrected chi connectivity index (χ3v) is 3.64. The van der Waals surface area contributed by atoms with E-state index >= 15 is 0 Å². The maximum Gasteiger partial charge on any atom is 0.228 e. The van der Waals surface area contributed by atoms with Gasteiger partial charge in [0.05, 0.1) is 0 Å². The van der Waals surface area contributed by atoms with E-state index in [1.165, 1.54) is 0 Å². The number of hydrogen-bond acceptors (Lipinski definition) is 5. The molecule has 0 saturated heterocycles. The predicted octanol–water partition coefficient (Wildman–Crippen LogP) is 2.79. The van der Waals surface area contributed by atoms with Gasteiger partial charge in [0.15, 0.2) is 16.3 Å². The van der Waals surface area contributed by atoms with E-state index in [0.717, 1.165) is 11.1 Å². The number of amides is 1. The van der Waals surface area contributed by atoms with Crippen LogP contribution in [0.5, 0.6) is 0 Å². The lowest BCUT2D eigenvalue weighted by Gasteiger charge is -2.09. The summed E-state index contributed by atoms with van der Waals surface area (Å²) in [6, 6.07) is 11.4. The van der Waals surface area contributed by atoms with Gasteiger partial charge in [0, 0.05) is 24.7 Å². The summed E-state index contributed by atoms with van der Waals surface area (Å²) in [5.41, 5.74) is 3.16. The smallest absolute Gasteiger partial charge is 0.228 e. The molecule has 3 aromatic rings. The number of pyridine rings is 1. The average Bonchev–Trinajstić information content (AvgIpc) is 3.04. The van der Waals surface area contributed by atoms with Crippen LogP contribution in [0.2, 0.25) is 0 Å². The summed E-state index contributed by atoms with van der Waals surface area (Å²) in [5, 5.41) is 5.93. The molecule has 24 heavy (non-hydrogen) atoms. The molecule has 0 bridgehead atoms. The fraction of sp³-hybridized carbons (Fsp3) is 0.176. The Bertz CT molecular complexity index is 841. The van der Waals surface area contributed by atoms with Crippen LogP contribution < -0.4 is 10.6 Å². The summed E-state index contributed by atoms with van der Waals surface area (Å²) >= 11 is 5.06. The fourth-order valence-electron chi connectivity index (χ4n) is 2.10. The van der Waals surface area contributed by atoms with E-state index < -0.39 is 0 Å². The number of rotatable bonds is 4. The highest BCUT2D eigenvalue weighted by Crippen LogP contribution is 2.23. The van der Waals surface area contributed by atoms with Crippen molar-refractivity contribution in [3.63, 3.8) is 0 Å². The monoisotopic (exact) mass is 340 g/mol. The molecule has 122 valence electrons. The highest BCUT2D eigenvalue weighted by Gasteiger charge is 2.08. The van der Waals surface area contributed by atoms with Gasteiger partial charge in [0.1, 0.15) is 0 Å². The molecule has 7 heteroatoms. The van der Waals surface area contributed by atoms with Crippen LogP contribution >= 0.6 is 12.2 Å². The van der Waals surface area contributed by atoms with Gasteiger partial charge in [0.25, 0.3) is 0 Å². The number of carbonyl (C=O) groups is 1. The van der Waals surface area contributed by atoms with Gasteiger partial charge in [0.2, 0.25) is 11.8 Å². The first kappa shape index (κ1) is 16.1. The van der Waals surface area contributed by atoms with Crippen molar-refractivity contribution in [1.82, 2.24) is 20.6 Å². The number of fused-ring (bicyclic) bond motifs is 1. The summed E-state index contributed by atoms with van der Waals surface area (Å²) in [6.07, 6.45) is 2.08. The highest BCUT2D eigenvalue weighted by molar-refractivity contribution is 7.80. The Hall–Kier alpha value is -2.80. The Morgan fingerprint density at radius 1 is 1.25 bits per heavy atom. The number of hydrogen-bond donors (Lipinski definition) is 2. The number of aromatic nitrogens is 2. The molecule has 0 atom stereocenters. The van der Waals surface area contributed by atoms with Gasteiger partial charge in [-0.05, 0) is 42.0 Å². The van der Waals surface area contributed by atoms with Crippen LogP contribution in [-0.4, -0.2) is 21.0 Å². The van der Waals surface area contributed by atoms with Crippen LogP contribution in [0.3, 0.4) is 0 Å². The standard InChI is InChI=1S/C17H16N4O2S/c1-2-14(22)20-17(24)19-10-11-5-7-12(8-6-11)16-21-15-13(23-16)4-3-9-18-15/h3-9H,2,10H2,1H3,(H2,19,20,22,24). The van der Waals surface area contributed by atoms with Crippen LogP contribution in [0.4, 0.5) is 0 Å². The Kier molecular flexibility index (Phi) is 4.81. The van der Waals surface area contributed by atoms with E-state index in [2.05, 4.69) is 20.6 Å². The number of oxazole rings is 1. The Morgan fingerprint density at radius 2 is 2.04 bits per heavy atom. The molecule has 0 aliphatic heterocycles. The number of nitrogens with one attached hydrogen (secondary N) is 2. The van der Waals surface area contributed by atoms with E-state index in [4.69, 9.17) is 16.6 Å². The molecule has 0 radical (unpaired) electrons.